The number of sulfonamides is 1. The van der Waals surface area contributed by atoms with Crippen molar-refractivity contribution in [1.82, 2.24) is 9.78 Å². The first-order chi connectivity index (χ1) is 8.35. The quantitative estimate of drug-likeness (QED) is 0.906. The molecule has 0 atom stereocenters. The smallest absolute Gasteiger partial charge is 0.213 e. The summed E-state index contributed by atoms with van der Waals surface area (Å²) in [6, 6.07) is 5.74. The molecule has 2 rings (SSSR count). The molecule has 96 valence electrons. The summed E-state index contributed by atoms with van der Waals surface area (Å²) in [7, 11) is -3.59. The molecule has 0 fully saturated rings. The van der Waals surface area contributed by atoms with E-state index in [0.717, 1.165) is 0 Å². The number of nitrogens with zero attached hydrogens (tertiary/aromatic N) is 2. The molecule has 0 bridgehead atoms. The highest BCUT2D eigenvalue weighted by atomic mass is 32.2. The summed E-state index contributed by atoms with van der Waals surface area (Å²) in [6.07, 6.45) is 1.58. The zero-order chi connectivity index (χ0) is 13.3. The number of hydrogen-bond donors (Lipinski definition) is 1. The van der Waals surface area contributed by atoms with Crippen molar-refractivity contribution in [2.75, 3.05) is 0 Å². The molecule has 1 heterocycles. The average molecular weight is 269 g/mol. The Balaban J connectivity index is 2.37. The minimum Gasteiger partial charge on any atom is -0.240 e. The van der Waals surface area contributed by atoms with E-state index in [1.54, 1.807) is 25.3 Å². The van der Waals surface area contributed by atoms with Gasteiger partial charge in [0.15, 0.2) is 0 Å². The fourth-order valence-electron chi connectivity index (χ4n) is 1.58. The van der Waals surface area contributed by atoms with Crippen LogP contribution in [-0.4, -0.2) is 18.2 Å². The van der Waals surface area contributed by atoms with Gasteiger partial charge < -0.3 is 0 Å². The molecule has 1 aromatic heterocycles. The van der Waals surface area contributed by atoms with E-state index in [4.69, 9.17) is 5.14 Å². The predicted octanol–water partition coefficient (Wildman–Crippen LogP) is 1.11. The molecule has 2 N–H and O–H groups in total. The Morgan fingerprint density at radius 3 is 2.50 bits per heavy atom. The van der Waals surface area contributed by atoms with Crippen molar-refractivity contribution in [3.63, 3.8) is 0 Å². The topological polar surface area (TPSA) is 78.0 Å². The van der Waals surface area contributed by atoms with Gasteiger partial charge in [-0.15, -0.1) is 0 Å². The van der Waals surface area contributed by atoms with E-state index in [-0.39, 0.29) is 11.6 Å². The van der Waals surface area contributed by atoms with Gasteiger partial charge in [-0.1, -0.05) is 0 Å². The van der Waals surface area contributed by atoms with Crippen molar-refractivity contribution >= 4 is 10.0 Å². The van der Waals surface area contributed by atoms with Crippen molar-refractivity contribution < 1.29 is 12.8 Å². The summed E-state index contributed by atoms with van der Waals surface area (Å²) in [5.74, 6) is -0.604. The fraction of sp³-hybridized carbons (Fsp3) is 0.182. The van der Waals surface area contributed by atoms with E-state index >= 15 is 0 Å². The number of aromatic nitrogens is 2. The van der Waals surface area contributed by atoms with Crippen LogP contribution in [0.15, 0.2) is 30.5 Å². The van der Waals surface area contributed by atoms with E-state index in [0.29, 0.717) is 16.9 Å². The zero-order valence-corrected chi connectivity index (χ0v) is 10.5. The van der Waals surface area contributed by atoms with Gasteiger partial charge in [-0.25, -0.2) is 22.6 Å². The fourth-order valence-corrected chi connectivity index (χ4v) is 2.30. The lowest BCUT2D eigenvalue weighted by atomic mass is 10.3. The molecule has 0 saturated heterocycles. The van der Waals surface area contributed by atoms with Crippen LogP contribution in [0.3, 0.4) is 0 Å². The van der Waals surface area contributed by atoms with Gasteiger partial charge in [0.1, 0.15) is 5.82 Å². The van der Waals surface area contributed by atoms with Gasteiger partial charge >= 0.3 is 0 Å². The predicted molar refractivity (Wildman–Crippen MR) is 65.1 cm³/mol. The number of primary sulfonamides is 1. The number of aryl methyl sites for hydroxylation is 1. The number of hydrogen-bond acceptors (Lipinski definition) is 3. The summed E-state index contributed by atoms with van der Waals surface area (Å²) < 4.78 is 36.3. The average Bonchev–Trinajstić information content (AvgIpc) is 2.59. The van der Waals surface area contributed by atoms with Crippen LogP contribution in [0.25, 0.3) is 5.69 Å². The third kappa shape index (κ3) is 2.93. The Morgan fingerprint density at radius 1 is 1.33 bits per heavy atom. The van der Waals surface area contributed by atoms with Crippen LogP contribution in [-0.2, 0) is 15.8 Å². The van der Waals surface area contributed by atoms with Gasteiger partial charge in [0, 0.05) is 11.8 Å². The number of benzene rings is 1. The largest absolute Gasteiger partial charge is 0.240 e. The summed E-state index contributed by atoms with van der Waals surface area (Å²) in [6.45, 7) is 1.69. The highest BCUT2D eigenvalue weighted by molar-refractivity contribution is 7.88. The molecule has 0 radical (unpaired) electrons. The van der Waals surface area contributed by atoms with Crippen molar-refractivity contribution in [3.8, 4) is 5.69 Å². The minimum atomic E-state index is -3.59. The van der Waals surface area contributed by atoms with Crippen molar-refractivity contribution in [1.29, 1.82) is 0 Å². The molecule has 0 spiro atoms. The second kappa shape index (κ2) is 4.51. The highest BCUT2D eigenvalue weighted by Crippen LogP contribution is 2.14. The van der Waals surface area contributed by atoms with Crippen LogP contribution in [0.1, 0.15) is 11.3 Å². The summed E-state index contributed by atoms with van der Waals surface area (Å²) in [5.41, 5.74) is 1.76. The van der Waals surface area contributed by atoms with E-state index in [2.05, 4.69) is 5.10 Å². The Morgan fingerprint density at radius 2 is 1.94 bits per heavy atom. The van der Waals surface area contributed by atoms with Gasteiger partial charge in [-0.3, -0.25) is 0 Å². The molecule has 5 nitrogen and oxygen atoms in total. The van der Waals surface area contributed by atoms with E-state index in [1.807, 2.05) is 0 Å². The molecule has 0 aliphatic heterocycles. The van der Waals surface area contributed by atoms with Crippen molar-refractivity contribution in [2.45, 2.75) is 12.7 Å². The van der Waals surface area contributed by atoms with Gasteiger partial charge in [0.25, 0.3) is 0 Å². The molecule has 0 amide bonds. The molecule has 0 saturated carbocycles. The molecule has 0 aliphatic rings. The molecule has 0 aliphatic carbocycles. The van der Waals surface area contributed by atoms with E-state index in [1.165, 1.54) is 16.8 Å². The Kier molecular flexibility index (Phi) is 3.18. The SMILES string of the molecule is Cc1nn(-c2ccc(F)cc2)cc1CS(N)(=O)=O. The molecule has 2 aromatic rings. The standard InChI is InChI=1S/C11H12FN3O2S/c1-8-9(7-18(13,16)17)6-15(14-8)11-4-2-10(12)3-5-11/h2-6H,7H2,1H3,(H2,13,16,17). The molecule has 1 aromatic carbocycles. The lowest BCUT2D eigenvalue weighted by Crippen LogP contribution is -2.14. The maximum atomic E-state index is 12.8. The number of halogens is 1. The third-order valence-electron chi connectivity index (χ3n) is 2.45. The van der Waals surface area contributed by atoms with Crippen LogP contribution in [0.2, 0.25) is 0 Å². The van der Waals surface area contributed by atoms with E-state index < -0.39 is 10.0 Å². The number of nitrogens with two attached hydrogens (primary N) is 1. The molecule has 0 unspecified atom stereocenters. The first-order valence-corrected chi connectivity index (χ1v) is 6.88. The number of rotatable bonds is 3. The third-order valence-corrected chi connectivity index (χ3v) is 3.16. The van der Waals surface area contributed by atoms with Crippen LogP contribution in [0, 0.1) is 12.7 Å². The molecule has 18 heavy (non-hydrogen) atoms. The summed E-state index contributed by atoms with van der Waals surface area (Å²) in [4.78, 5) is 0. The Labute approximate surface area is 104 Å². The van der Waals surface area contributed by atoms with Crippen LogP contribution in [0.5, 0.6) is 0 Å². The maximum Gasteiger partial charge on any atom is 0.213 e. The Hall–Kier alpha value is -1.73. The zero-order valence-electron chi connectivity index (χ0n) is 9.67. The van der Waals surface area contributed by atoms with Gasteiger partial charge in [-0.05, 0) is 31.2 Å². The normalized spacial score (nSPS) is 11.7. The van der Waals surface area contributed by atoms with Gasteiger partial charge in [0.05, 0.1) is 17.1 Å². The van der Waals surface area contributed by atoms with Crippen LogP contribution < -0.4 is 5.14 Å². The second-order valence-corrected chi connectivity index (χ2v) is 5.58. The molecular formula is C11H12FN3O2S. The van der Waals surface area contributed by atoms with Gasteiger partial charge in [-0.2, -0.15) is 5.10 Å². The highest BCUT2D eigenvalue weighted by Gasteiger charge is 2.12. The minimum absolute atomic E-state index is 0.264. The first kappa shape index (κ1) is 12.7. The second-order valence-electron chi connectivity index (χ2n) is 3.97. The Bertz CT molecular complexity index is 662. The molecular weight excluding hydrogens is 257 g/mol. The summed E-state index contributed by atoms with van der Waals surface area (Å²) >= 11 is 0. The molecule has 7 heteroatoms. The summed E-state index contributed by atoms with van der Waals surface area (Å²) in [5, 5.41) is 9.16. The van der Waals surface area contributed by atoms with Gasteiger partial charge in [0.2, 0.25) is 10.0 Å². The van der Waals surface area contributed by atoms with Crippen LogP contribution in [0.4, 0.5) is 4.39 Å². The van der Waals surface area contributed by atoms with Crippen molar-refractivity contribution in [2.24, 2.45) is 5.14 Å². The maximum absolute atomic E-state index is 12.8. The van der Waals surface area contributed by atoms with E-state index in [9.17, 15) is 12.8 Å². The first-order valence-electron chi connectivity index (χ1n) is 5.17. The monoisotopic (exact) mass is 269 g/mol. The van der Waals surface area contributed by atoms with Crippen molar-refractivity contribution in [3.05, 3.63) is 47.5 Å². The lowest BCUT2D eigenvalue weighted by molar-refractivity contribution is 0.597. The lowest BCUT2D eigenvalue weighted by Gasteiger charge is -1.99. The van der Waals surface area contributed by atoms with Crippen LogP contribution >= 0.6 is 0 Å².